The van der Waals surface area contributed by atoms with Gasteiger partial charge in [0.2, 0.25) is 5.88 Å². The Labute approximate surface area is 170 Å². The topological polar surface area (TPSA) is 130 Å². The summed E-state index contributed by atoms with van der Waals surface area (Å²) in [5.41, 5.74) is 5.43. The summed E-state index contributed by atoms with van der Waals surface area (Å²) in [4.78, 5) is 26.6. The van der Waals surface area contributed by atoms with Crippen LogP contribution in [0.2, 0.25) is 0 Å². The molecule has 0 atom stereocenters. The third kappa shape index (κ3) is 4.43. The number of nitro benzene ring substituents is 1. The van der Waals surface area contributed by atoms with E-state index in [0.717, 1.165) is 11.6 Å². The summed E-state index contributed by atoms with van der Waals surface area (Å²) in [6.07, 6.45) is 1.32. The minimum Gasteiger partial charge on any atom is -0.493 e. The highest BCUT2D eigenvalue weighted by Gasteiger charge is 2.22. The smallest absolute Gasteiger partial charge is 0.295 e. The van der Waals surface area contributed by atoms with Crippen molar-refractivity contribution in [3.63, 3.8) is 0 Å². The Hall–Kier alpha value is -4.21. The fraction of sp³-hybridized carbons (Fsp3) is 0.100. The van der Waals surface area contributed by atoms with Crippen molar-refractivity contribution in [1.29, 1.82) is 0 Å². The molecule has 1 amide bonds. The fourth-order valence-corrected chi connectivity index (χ4v) is 2.63. The molecule has 0 aliphatic heterocycles. The number of nitro groups is 1. The van der Waals surface area contributed by atoms with Crippen LogP contribution in [0.15, 0.2) is 48.7 Å². The van der Waals surface area contributed by atoms with Crippen molar-refractivity contribution >= 4 is 23.0 Å². The van der Waals surface area contributed by atoms with Gasteiger partial charge in [-0.2, -0.15) is 0 Å². The molecule has 1 aromatic heterocycles. The number of nitrogens with zero attached hydrogens (tertiary/aromatic N) is 2. The van der Waals surface area contributed by atoms with Gasteiger partial charge in [-0.05, 0) is 36.8 Å². The van der Waals surface area contributed by atoms with Gasteiger partial charge in [-0.1, -0.05) is 6.07 Å². The number of nitrogens with one attached hydrogen (secondary N) is 1. The molecule has 0 saturated heterocycles. The van der Waals surface area contributed by atoms with Crippen LogP contribution in [0.1, 0.15) is 15.9 Å². The summed E-state index contributed by atoms with van der Waals surface area (Å²) in [6.45, 7) is 1.92. The van der Waals surface area contributed by atoms with Crippen LogP contribution in [0.4, 0.5) is 21.5 Å². The quantitative estimate of drug-likeness (QED) is 0.354. The van der Waals surface area contributed by atoms with E-state index in [-0.39, 0.29) is 17.1 Å². The van der Waals surface area contributed by atoms with Gasteiger partial charge >= 0.3 is 0 Å². The van der Waals surface area contributed by atoms with Crippen molar-refractivity contribution in [1.82, 2.24) is 4.98 Å². The number of carbonyl (C=O) groups is 1. The molecule has 9 nitrogen and oxygen atoms in total. The lowest BCUT2D eigenvalue weighted by Gasteiger charge is -2.11. The van der Waals surface area contributed by atoms with E-state index in [1.807, 2.05) is 19.1 Å². The third-order valence-corrected chi connectivity index (χ3v) is 4.09. The molecule has 2 aromatic carbocycles. The standard InChI is InChI=1S/C20H17FN4O5/c1-11-3-5-16(17(7-11)29-2)30-18-6-4-13(10-23-18)24-20(26)14-8-12(21)9-15(19(14)22)25(27)28/h3-10H,22H2,1-2H3,(H,24,26). The summed E-state index contributed by atoms with van der Waals surface area (Å²) >= 11 is 0. The molecule has 30 heavy (non-hydrogen) atoms. The molecule has 1 heterocycles. The second kappa shape index (κ2) is 8.43. The highest BCUT2D eigenvalue weighted by molar-refractivity contribution is 6.08. The van der Waals surface area contributed by atoms with Gasteiger partial charge in [0.15, 0.2) is 11.5 Å². The Kier molecular flexibility index (Phi) is 5.77. The second-order valence-electron chi connectivity index (χ2n) is 6.24. The van der Waals surface area contributed by atoms with E-state index in [9.17, 15) is 19.3 Å². The Morgan fingerprint density at radius 3 is 2.60 bits per heavy atom. The predicted octanol–water partition coefficient (Wildman–Crippen LogP) is 4.07. The molecule has 10 heteroatoms. The zero-order valence-corrected chi connectivity index (χ0v) is 16.0. The Bertz CT molecular complexity index is 1120. The largest absolute Gasteiger partial charge is 0.493 e. The molecule has 3 N–H and O–H groups in total. The summed E-state index contributed by atoms with van der Waals surface area (Å²) in [7, 11) is 1.52. The van der Waals surface area contributed by atoms with Gasteiger partial charge in [-0.3, -0.25) is 14.9 Å². The molecule has 0 bridgehead atoms. The molecule has 0 spiro atoms. The van der Waals surface area contributed by atoms with Crippen molar-refractivity contribution in [3.05, 3.63) is 75.7 Å². The first-order valence-electron chi connectivity index (χ1n) is 8.62. The van der Waals surface area contributed by atoms with Gasteiger partial charge in [0.1, 0.15) is 11.5 Å². The van der Waals surface area contributed by atoms with E-state index >= 15 is 0 Å². The number of nitrogens with two attached hydrogens (primary N) is 1. The van der Waals surface area contributed by atoms with E-state index in [0.29, 0.717) is 17.6 Å². The van der Waals surface area contributed by atoms with Crippen LogP contribution in [0.3, 0.4) is 0 Å². The lowest BCUT2D eigenvalue weighted by Crippen LogP contribution is -2.15. The number of rotatable bonds is 6. The molecule has 0 aliphatic rings. The Morgan fingerprint density at radius 1 is 1.20 bits per heavy atom. The first kappa shape index (κ1) is 20.5. The van der Waals surface area contributed by atoms with E-state index in [1.54, 1.807) is 6.07 Å². The van der Waals surface area contributed by atoms with Crippen molar-refractivity contribution < 1.29 is 23.6 Å². The van der Waals surface area contributed by atoms with Crippen molar-refractivity contribution in [2.75, 3.05) is 18.2 Å². The van der Waals surface area contributed by atoms with E-state index < -0.39 is 28.0 Å². The SMILES string of the molecule is COc1cc(C)ccc1Oc1ccc(NC(=O)c2cc(F)cc([N+](=O)[O-])c2N)cn1. The van der Waals surface area contributed by atoms with Crippen LogP contribution >= 0.6 is 0 Å². The predicted molar refractivity (Wildman–Crippen MR) is 107 cm³/mol. The lowest BCUT2D eigenvalue weighted by atomic mass is 10.1. The number of hydrogen-bond acceptors (Lipinski definition) is 7. The number of anilines is 2. The summed E-state index contributed by atoms with van der Waals surface area (Å²) < 4.78 is 24.6. The van der Waals surface area contributed by atoms with E-state index in [1.165, 1.54) is 25.4 Å². The highest BCUT2D eigenvalue weighted by Crippen LogP contribution is 2.32. The molecular weight excluding hydrogens is 395 g/mol. The monoisotopic (exact) mass is 412 g/mol. The van der Waals surface area contributed by atoms with Crippen molar-refractivity contribution in [3.8, 4) is 17.4 Å². The fourth-order valence-electron chi connectivity index (χ4n) is 2.63. The number of halogens is 1. The van der Waals surface area contributed by atoms with Gasteiger partial charge in [0, 0.05) is 6.07 Å². The minimum atomic E-state index is -0.949. The van der Waals surface area contributed by atoms with Crippen molar-refractivity contribution in [2.24, 2.45) is 0 Å². The first-order valence-corrected chi connectivity index (χ1v) is 8.62. The average Bonchev–Trinajstić information content (AvgIpc) is 2.71. The number of aryl methyl sites for hydroxylation is 1. The van der Waals surface area contributed by atoms with E-state index in [2.05, 4.69) is 10.3 Å². The molecule has 0 radical (unpaired) electrons. The maximum absolute atomic E-state index is 13.6. The van der Waals surface area contributed by atoms with Gasteiger partial charge in [0.05, 0.1) is 35.5 Å². The maximum Gasteiger partial charge on any atom is 0.295 e. The summed E-state index contributed by atoms with van der Waals surface area (Å²) in [6, 6.07) is 9.90. The van der Waals surface area contributed by atoms with Crippen molar-refractivity contribution in [2.45, 2.75) is 6.92 Å². The Morgan fingerprint density at radius 2 is 1.97 bits per heavy atom. The zero-order chi connectivity index (χ0) is 21.8. The number of nitrogen functional groups attached to an aromatic ring is 1. The van der Waals surface area contributed by atoms with Crippen LogP contribution in [0.25, 0.3) is 0 Å². The molecule has 0 saturated carbocycles. The summed E-state index contributed by atoms with van der Waals surface area (Å²) in [5.74, 6) is -0.513. The number of ether oxygens (including phenoxy) is 2. The number of benzene rings is 2. The lowest BCUT2D eigenvalue weighted by molar-refractivity contribution is -0.384. The molecule has 0 aliphatic carbocycles. The zero-order valence-electron chi connectivity index (χ0n) is 16.0. The highest BCUT2D eigenvalue weighted by atomic mass is 19.1. The van der Waals surface area contributed by atoms with Gasteiger partial charge in [-0.15, -0.1) is 0 Å². The Balaban J connectivity index is 1.77. The number of hydrogen-bond donors (Lipinski definition) is 2. The molecular formula is C20H17FN4O5. The number of methoxy groups -OCH3 is 1. The summed E-state index contributed by atoms with van der Waals surface area (Å²) in [5, 5.41) is 13.4. The second-order valence-corrected chi connectivity index (χ2v) is 6.24. The van der Waals surface area contributed by atoms with Crippen LogP contribution in [-0.2, 0) is 0 Å². The molecule has 154 valence electrons. The van der Waals surface area contributed by atoms with Gasteiger partial charge in [-0.25, -0.2) is 9.37 Å². The van der Waals surface area contributed by atoms with Gasteiger partial charge in [0.25, 0.3) is 11.6 Å². The van der Waals surface area contributed by atoms with Crippen LogP contribution in [0, 0.1) is 22.9 Å². The number of pyridine rings is 1. The normalized spacial score (nSPS) is 10.4. The van der Waals surface area contributed by atoms with Crippen LogP contribution in [-0.4, -0.2) is 22.9 Å². The minimum absolute atomic E-state index is 0.246. The maximum atomic E-state index is 13.6. The number of carbonyl (C=O) groups excluding carboxylic acids is 1. The first-order chi connectivity index (χ1) is 14.3. The van der Waals surface area contributed by atoms with Gasteiger partial charge < -0.3 is 20.5 Å². The molecule has 3 rings (SSSR count). The number of amides is 1. The van der Waals surface area contributed by atoms with Crippen LogP contribution in [0.5, 0.6) is 17.4 Å². The molecule has 0 fully saturated rings. The molecule has 0 unspecified atom stereocenters. The third-order valence-electron chi connectivity index (χ3n) is 4.09. The van der Waals surface area contributed by atoms with Crippen LogP contribution < -0.4 is 20.5 Å². The average molecular weight is 412 g/mol. The number of aromatic nitrogens is 1. The molecule has 3 aromatic rings. The van der Waals surface area contributed by atoms with E-state index in [4.69, 9.17) is 15.2 Å².